The number of hydrazone groups is 1. The van der Waals surface area contributed by atoms with Crippen molar-refractivity contribution in [2.24, 2.45) is 5.10 Å². The normalized spacial score (nSPS) is 11.4. The molecular weight excluding hydrogens is 275 g/mol. The van der Waals surface area contributed by atoms with Crippen LogP contribution in [0.1, 0.15) is 18.1 Å². The summed E-state index contributed by atoms with van der Waals surface area (Å²) in [4.78, 5) is 22.2. The third kappa shape index (κ3) is 4.38. The molecule has 0 aliphatic heterocycles. The highest BCUT2D eigenvalue weighted by Crippen LogP contribution is 2.30. The first kappa shape index (κ1) is 15.7. The van der Waals surface area contributed by atoms with Crippen molar-refractivity contribution in [3.05, 3.63) is 35.4 Å². The van der Waals surface area contributed by atoms with Gasteiger partial charge in [0.2, 0.25) is 0 Å². The number of alkyl halides is 3. The zero-order chi connectivity index (χ0) is 15.2. The Hall–Kier alpha value is -2.38. The first-order valence-electron chi connectivity index (χ1n) is 5.63. The molecule has 2 N–H and O–H groups in total. The number of amides is 2. The molecule has 0 saturated heterocycles. The number of carbonyl (C=O) groups is 2. The minimum Gasteiger partial charge on any atom is -0.348 e. The largest absolute Gasteiger partial charge is 0.417 e. The lowest BCUT2D eigenvalue weighted by molar-refractivity contribution is -0.139. The van der Waals surface area contributed by atoms with Gasteiger partial charge in [-0.1, -0.05) is 18.2 Å². The fourth-order valence-electron chi connectivity index (χ4n) is 1.32. The molecule has 108 valence electrons. The summed E-state index contributed by atoms with van der Waals surface area (Å²) in [6, 6.07) is 4.74. The first-order chi connectivity index (χ1) is 9.36. The van der Waals surface area contributed by atoms with Crippen molar-refractivity contribution < 1.29 is 22.8 Å². The molecular formula is C12H12F3N3O2. The molecule has 5 nitrogen and oxygen atoms in total. The quantitative estimate of drug-likeness (QED) is 0.499. The molecule has 0 radical (unpaired) electrons. The molecule has 0 heterocycles. The van der Waals surface area contributed by atoms with Crippen molar-refractivity contribution in [1.82, 2.24) is 10.7 Å². The zero-order valence-corrected chi connectivity index (χ0v) is 10.5. The molecule has 1 aromatic carbocycles. The van der Waals surface area contributed by atoms with Crippen molar-refractivity contribution in [1.29, 1.82) is 0 Å². The predicted molar refractivity (Wildman–Crippen MR) is 65.9 cm³/mol. The fourth-order valence-corrected chi connectivity index (χ4v) is 1.32. The molecule has 8 heteroatoms. The van der Waals surface area contributed by atoms with Crippen LogP contribution in [0.25, 0.3) is 0 Å². The average Bonchev–Trinajstić information content (AvgIpc) is 2.38. The summed E-state index contributed by atoms with van der Waals surface area (Å²) < 4.78 is 37.9. The second-order valence-electron chi connectivity index (χ2n) is 3.64. The van der Waals surface area contributed by atoms with Gasteiger partial charge < -0.3 is 5.32 Å². The molecule has 20 heavy (non-hydrogen) atoms. The van der Waals surface area contributed by atoms with Crippen molar-refractivity contribution in [3.63, 3.8) is 0 Å². The Kier molecular flexibility index (Phi) is 5.24. The highest BCUT2D eigenvalue weighted by molar-refractivity contribution is 6.35. The summed E-state index contributed by atoms with van der Waals surface area (Å²) in [5.74, 6) is -1.96. The van der Waals surface area contributed by atoms with Gasteiger partial charge in [-0.05, 0) is 13.0 Å². The van der Waals surface area contributed by atoms with Crippen LogP contribution < -0.4 is 10.7 Å². The number of halogens is 3. The van der Waals surface area contributed by atoms with Gasteiger partial charge >= 0.3 is 18.0 Å². The third-order valence-corrected chi connectivity index (χ3v) is 2.18. The maximum absolute atomic E-state index is 12.6. The molecule has 0 aromatic heterocycles. The van der Waals surface area contributed by atoms with E-state index in [1.165, 1.54) is 18.2 Å². The van der Waals surface area contributed by atoms with Gasteiger partial charge in [0.25, 0.3) is 0 Å². The van der Waals surface area contributed by atoms with E-state index >= 15 is 0 Å². The molecule has 0 fully saturated rings. The number of hydrogen-bond donors (Lipinski definition) is 2. The standard InChI is InChI=1S/C12H12F3N3O2/c1-2-16-10(19)11(20)18-17-7-8-5-3-4-6-9(8)12(13,14)15/h3-7H,2H2,1H3,(H,16,19)(H,18,20)/b17-7-. The topological polar surface area (TPSA) is 70.6 Å². The Morgan fingerprint density at radius 3 is 2.50 bits per heavy atom. The molecule has 0 saturated carbocycles. The molecule has 0 aliphatic rings. The number of nitrogens with zero attached hydrogens (tertiary/aromatic N) is 1. The SMILES string of the molecule is CCNC(=O)C(=O)N/N=C\c1ccccc1C(F)(F)F. The van der Waals surface area contributed by atoms with Gasteiger partial charge in [0, 0.05) is 12.1 Å². The van der Waals surface area contributed by atoms with Crippen molar-refractivity contribution in [2.45, 2.75) is 13.1 Å². The monoisotopic (exact) mass is 287 g/mol. The van der Waals surface area contributed by atoms with Crippen LogP contribution in [0.15, 0.2) is 29.4 Å². The summed E-state index contributed by atoms with van der Waals surface area (Å²) in [6.07, 6.45) is -3.69. The van der Waals surface area contributed by atoms with E-state index in [0.717, 1.165) is 12.3 Å². The predicted octanol–water partition coefficient (Wildman–Crippen LogP) is 1.29. The van der Waals surface area contributed by atoms with Crippen molar-refractivity contribution >= 4 is 18.0 Å². The van der Waals surface area contributed by atoms with Crippen LogP contribution >= 0.6 is 0 Å². The summed E-state index contributed by atoms with van der Waals surface area (Å²) >= 11 is 0. The lowest BCUT2D eigenvalue weighted by Gasteiger charge is -2.09. The molecule has 0 atom stereocenters. The summed E-state index contributed by atoms with van der Waals surface area (Å²) in [5.41, 5.74) is 0.755. The highest BCUT2D eigenvalue weighted by Gasteiger charge is 2.32. The van der Waals surface area contributed by atoms with Crippen molar-refractivity contribution in [2.75, 3.05) is 6.54 Å². The van der Waals surface area contributed by atoms with Crippen LogP contribution in [0.2, 0.25) is 0 Å². The van der Waals surface area contributed by atoms with Gasteiger partial charge in [-0.2, -0.15) is 18.3 Å². The number of likely N-dealkylation sites (N-methyl/N-ethyl adjacent to an activating group) is 1. The lowest BCUT2D eigenvalue weighted by Crippen LogP contribution is -2.37. The molecule has 1 rings (SSSR count). The Morgan fingerprint density at radius 2 is 1.90 bits per heavy atom. The Labute approximate surface area is 112 Å². The maximum Gasteiger partial charge on any atom is 0.417 e. The molecule has 0 spiro atoms. The zero-order valence-electron chi connectivity index (χ0n) is 10.5. The minimum absolute atomic E-state index is 0.212. The number of rotatable bonds is 3. The van der Waals surface area contributed by atoms with Crippen LogP contribution in [0, 0.1) is 0 Å². The molecule has 0 bridgehead atoms. The smallest absolute Gasteiger partial charge is 0.348 e. The van der Waals surface area contributed by atoms with E-state index in [9.17, 15) is 22.8 Å². The first-order valence-corrected chi connectivity index (χ1v) is 5.63. The molecule has 0 unspecified atom stereocenters. The summed E-state index contributed by atoms with van der Waals surface area (Å²) in [6.45, 7) is 1.88. The lowest BCUT2D eigenvalue weighted by atomic mass is 10.1. The van der Waals surface area contributed by atoms with Crippen LogP contribution in [0.4, 0.5) is 13.2 Å². The van der Waals surface area contributed by atoms with E-state index in [0.29, 0.717) is 0 Å². The molecule has 1 aromatic rings. The van der Waals surface area contributed by atoms with Crippen molar-refractivity contribution in [3.8, 4) is 0 Å². The summed E-state index contributed by atoms with van der Waals surface area (Å²) in [5, 5.41) is 5.56. The Bertz CT molecular complexity index is 527. The van der Waals surface area contributed by atoms with Gasteiger partial charge in [-0.25, -0.2) is 5.43 Å². The Morgan fingerprint density at radius 1 is 1.25 bits per heavy atom. The maximum atomic E-state index is 12.6. The van der Waals surface area contributed by atoms with E-state index in [-0.39, 0.29) is 12.1 Å². The second-order valence-corrected chi connectivity index (χ2v) is 3.64. The highest BCUT2D eigenvalue weighted by atomic mass is 19.4. The van der Waals surface area contributed by atoms with E-state index in [1.807, 2.05) is 5.43 Å². The van der Waals surface area contributed by atoms with Gasteiger partial charge in [0.05, 0.1) is 11.8 Å². The van der Waals surface area contributed by atoms with E-state index in [2.05, 4.69) is 10.4 Å². The fraction of sp³-hybridized carbons (Fsp3) is 0.250. The van der Waals surface area contributed by atoms with Gasteiger partial charge in [0.1, 0.15) is 0 Å². The van der Waals surface area contributed by atoms with Crippen LogP contribution in [0.3, 0.4) is 0 Å². The van der Waals surface area contributed by atoms with E-state index < -0.39 is 23.6 Å². The molecule has 2 amide bonds. The van der Waals surface area contributed by atoms with Crippen LogP contribution in [0.5, 0.6) is 0 Å². The second kappa shape index (κ2) is 6.69. The van der Waals surface area contributed by atoms with E-state index in [1.54, 1.807) is 6.92 Å². The van der Waals surface area contributed by atoms with Gasteiger partial charge in [-0.15, -0.1) is 0 Å². The number of nitrogens with one attached hydrogen (secondary N) is 2. The molecule has 0 aliphatic carbocycles. The number of benzene rings is 1. The van der Waals surface area contributed by atoms with Gasteiger partial charge in [-0.3, -0.25) is 9.59 Å². The summed E-state index contributed by atoms with van der Waals surface area (Å²) in [7, 11) is 0. The van der Waals surface area contributed by atoms with Gasteiger partial charge in [0.15, 0.2) is 0 Å². The Balaban J connectivity index is 2.77. The van der Waals surface area contributed by atoms with Crippen LogP contribution in [-0.4, -0.2) is 24.6 Å². The average molecular weight is 287 g/mol. The number of hydrogen-bond acceptors (Lipinski definition) is 3. The third-order valence-electron chi connectivity index (χ3n) is 2.18. The van der Waals surface area contributed by atoms with Crippen LogP contribution in [-0.2, 0) is 15.8 Å². The van der Waals surface area contributed by atoms with E-state index in [4.69, 9.17) is 0 Å². The minimum atomic E-state index is -4.52. The number of carbonyl (C=O) groups excluding carboxylic acids is 2.